The van der Waals surface area contributed by atoms with Gasteiger partial charge in [0.25, 0.3) is 5.91 Å². The molecule has 2 aliphatic rings. The number of carbonyl (C=O) groups excluding carboxylic acids is 2. The lowest BCUT2D eigenvalue weighted by molar-refractivity contribution is -0.139. The van der Waals surface area contributed by atoms with Crippen molar-refractivity contribution >= 4 is 30.1 Å². The minimum Gasteiger partial charge on any atom is -0.491 e. The third-order valence-corrected chi connectivity index (χ3v) is 7.00. The standard InChI is InChI=1S/C27H34BNO7/c1-26(2)27(3,4)36-28(35-26)20-13-19(14-22(16-20)34-17-21-10-8-12-33-21)25(31)29-23-11-7-6-9-18(23)15-24(30)32-5/h6-7,9,11,13-14,16,21H,8,10,12,15,17H2,1-5H3,(H,29,31). The molecule has 1 unspecified atom stereocenters. The fourth-order valence-corrected chi connectivity index (χ4v) is 4.14. The first kappa shape index (κ1) is 26.2. The number of methoxy groups -OCH3 is 1. The van der Waals surface area contributed by atoms with Gasteiger partial charge in [-0.1, -0.05) is 18.2 Å². The number of carbonyl (C=O) groups is 2. The van der Waals surface area contributed by atoms with Crippen LogP contribution in [-0.4, -0.2) is 56.6 Å². The minimum absolute atomic E-state index is 0.0352. The topological polar surface area (TPSA) is 92.3 Å². The van der Waals surface area contributed by atoms with E-state index in [1.807, 2.05) is 39.8 Å². The maximum Gasteiger partial charge on any atom is 0.494 e. The molecule has 0 bridgehead atoms. The van der Waals surface area contributed by atoms with Crippen molar-refractivity contribution in [2.75, 3.05) is 25.6 Å². The van der Waals surface area contributed by atoms with E-state index in [0.29, 0.717) is 34.6 Å². The molecule has 2 aliphatic heterocycles. The van der Waals surface area contributed by atoms with Gasteiger partial charge in [0.15, 0.2) is 0 Å². The number of para-hydroxylation sites is 1. The lowest BCUT2D eigenvalue weighted by atomic mass is 9.78. The highest BCUT2D eigenvalue weighted by molar-refractivity contribution is 6.62. The summed E-state index contributed by atoms with van der Waals surface area (Å²) in [5.41, 5.74) is 1.22. The second kappa shape index (κ2) is 10.6. The van der Waals surface area contributed by atoms with Crippen LogP contribution in [0, 0.1) is 0 Å². The van der Waals surface area contributed by atoms with Gasteiger partial charge in [0.1, 0.15) is 12.4 Å². The highest BCUT2D eigenvalue weighted by Gasteiger charge is 2.51. The summed E-state index contributed by atoms with van der Waals surface area (Å²) in [5.74, 6) is -0.192. The van der Waals surface area contributed by atoms with E-state index in [9.17, 15) is 9.59 Å². The summed E-state index contributed by atoms with van der Waals surface area (Å²) in [5, 5.41) is 2.92. The fraction of sp³-hybridized carbons (Fsp3) is 0.481. The summed E-state index contributed by atoms with van der Waals surface area (Å²) < 4.78 is 29.0. The smallest absolute Gasteiger partial charge is 0.491 e. The number of amides is 1. The Bertz CT molecular complexity index is 1100. The number of esters is 1. The van der Waals surface area contributed by atoms with Gasteiger partial charge < -0.3 is 28.8 Å². The number of benzene rings is 2. The van der Waals surface area contributed by atoms with Crippen molar-refractivity contribution < 1.29 is 33.1 Å². The molecule has 0 radical (unpaired) electrons. The van der Waals surface area contributed by atoms with Gasteiger partial charge in [0.2, 0.25) is 0 Å². The van der Waals surface area contributed by atoms with Gasteiger partial charge in [0.05, 0.1) is 30.8 Å². The van der Waals surface area contributed by atoms with E-state index in [4.69, 9.17) is 23.5 Å². The van der Waals surface area contributed by atoms with Gasteiger partial charge in [-0.25, -0.2) is 0 Å². The number of hydrogen-bond donors (Lipinski definition) is 1. The van der Waals surface area contributed by atoms with Crippen LogP contribution in [0.2, 0.25) is 0 Å². The molecule has 2 saturated heterocycles. The normalized spacial score (nSPS) is 20.2. The van der Waals surface area contributed by atoms with E-state index in [0.717, 1.165) is 19.4 Å². The molecule has 36 heavy (non-hydrogen) atoms. The highest BCUT2D eigenvalue weighted by atomic mass is 16.7. The molecule has 0 spiro atoms. The lowest BCUT2D eigenvalue weighted by Gasteiger charge is -2.32. The number of anilines is 1. The summed E-state index contributed by atoms with van der Waals surface area (Å²) in [6, 6.07) is 12.4. The molecule has 0 saturated carbocycles. The third kappa shape index (κ3) is 5.91. The predicted molar refractivity (Wildman–Crippen MR) is 137 cm³/mol. The molecule has 2 aromatic rings. The largest absolute Gasteiger partial charge is 0.494 e. The Morgan fingerprint density at radius 3 is 2.47 bits per heavy atom. The van der Waals surface area contributed by atoms with Crippen LogP contribution in [0.4, 0.5) is 5.69 Å². The Balaban J connectivity index is 1.60. The number of rotatable bonds is 8. The SMILES string of the molecule is COC(=O)Cc1ccccc1NC(=O)c1cc(OCC2CCCO2)cc(B2OC(C)(C)C(C)(C)O2)c1. The number of nitrogens with one attached hydrogen (secondary N) is 1. The first-order chi connectivity index (χ1) is 17.1. The Kier molecular flexibility index (Phi) is 7.73. The van der Waals surface area contributed by atoms with Crippen LogP contribution in [0.1, 0.15) is 56.5 Å². The van der Waals surface area contributed by atoms with Gasteiger partial charge in [-0.15, -0.1) is 0 Å². The number of ether oxygens (including phenoxy) is 3. The van der Waals surface area contributed by atoms with Crippen molar-refractivity contribution in [1.82, 2.24) is 0 Å². The molecule has 4 rings (SSSR count). The fourth-order valence-electron chi connectivity index (χ4n) is 4.14. The van der Waals surface area contributed by atoms with Gasteiger partial charge in [0, 0.05) is 17.9 Å². The Hall–Kier alpha value is -2.88. The molecule has 2 heterocycles. The van der Waals surface area contributed by atoms with E-state index in [1.54, 1.807) is 30.3 Å². The molecule has 8 nitrogen and oxygen atoms in total. The zero-order chi connectivity index (χ0) is 25.9. The van der Waals surface area contributed by atoms with Crippen LogP contribution in [0.15, 0.2) is 42.5 Å². The summed E-state index contributed by atoms with van der Waals surface area (Å²) >= 11 is 0. The molecular formula is C27H34BNO7. The molecule has 0 aliphatic carbocycles. The first-order valence-electron chi connectivity index (χ1n) is 12.3. The average molecular weight is 495 g/mol. The molecule has 192 valence electrons. The second-order valence-electron chi connectivity index (χ2n) is 10.2. The number of hydrogen-bond acceptors (Lipinski definition) is 7. The van der Waals surface area contributed by atoms with Gasteiger partial charge >= 0.3 is 13.1 Å². The lowest BCUT2D eigenvalue weighted by Crippen LogP contribution is -2.41. The van der Waals surface area contributed by atoms with Crippen LogP contribution in [-0.2, 0) is 30.0 Å². The summed E-state index contributed by atoms with van der Waals surface area (Å²) in [6.07, 6.45) is 2.05. The maximum atomic E-state index is 13.4. The van der Waals surface area contributed by atoms with E-state index in [-0.39, 0.29) is 24.4 Å². The van der Waals surface area contributed by atoms with Gasteiger partial charge in [-0.05, 0) is 75.8 Å². The van der Waals surface area contributed by atoms with Crippen molar-refractivity contribution in [2.24, 2.45) is 0 Å². The average Bonchev–Trinajstić information content (AvgIpc) is 3.43. The predicted octanol–water partition coefficient (Wildman–Crippen LogP) is 3.51. The van der Waals surface area contributed by atoms with Crippen LogP contribution in [0.25, 0.3) is 0 Å². The van der Waals surface area contributed by atoms with Crippen LogP contribution < -0.4 is 15.5 Å². The van der Waals surface area contributed by atoms with Crippen LogP contribution >= 0.6 is 0 Å². The zero-order valence-electron chi connectivity index (χ0n) is 21.6. The maximum absolute atomic E-state index is 13.4. The Labute approximate surface area is 212 Å². The van der Waals surface area contributed by atoms with E-state index >= 15 is 0 Å². The molecule has 1 atom stereocenters. The van der Waals surface area contributed by atoms with Gasteiger partial charge in [-0.3, -0.25) is 9.59 Å². The van der Waals surface area contributed by atoms with E-state index in [1.165, 1.54) is 7.11 Å². The van der Waals surface area contributed by atoms with E-state index in [2.05, 4.69) is 5.32 Å². The Morgan fingerprint density at radius 2 is 1.81 bits per heavy atom. The minimum atomic E-state index is -0.653. The van der Waals surface area contributed by atoms with Gasteiger partial charge in [-0.2, -0.15) is 0 Å². The zero-order valence-corrected chi connectivity index (χ0v) is 21.6. The third-order valence-electron chi connectivity index (χ3n) is 7.00. The van der Waals surface area contributed by atoms with Crippen molar-refractivity contribution in [3.05, 3.63) is 53.6 Å². The van der Waals surface area contributed by atoms with Crippen molar-refractivity contribution in [1.29, 1.82) is 0 Å². The summed E-state index contributed by atoms with van der Waals surface area (Å²) in [4.78, 5) is 25.2. The van der Waals surface area contributed by atoms with Crippen molar-refractivity contribution in [2.45, 2.75) is 64.3 Å². The molecule has 1 amide bonds. The monoisotopic (exact) mass is 495 g/mol. The molecular weight excluding hydrogens is 461 g/mol. The second-order valence-corrected chi connectivity index (χ2v) is 10.2. The summed E-state index contributed by atoms with van der Waals surface area (Å²) in [7, 11) is 0.683. The molecule has 9 heteroatoms. The first-order valence-corrected chi connectivity index (χ1v) is 12.3. The van der Waals surface area contributed by atoms with E-state index < -0.39 is 18.3 Å². The van der Waals surface area contributed by atoms with Crippen molar-refractivity contribution in [3.8, 4) is 5.75 Å². The molecule has 0 aromatic heterocycles. The molecule has 2 fully saturated rings. The highest BCUT2D eigenvalue weighted by Crippen LogP contribution is 2.36. The van der Waals surface area contributed by atoms with Crippen LogP contribution in [0.3, 0.4) is 0 Å². The quantitative estimate of drug-likeness (QED) is 0.443. The summed E-state index contributed by atoms with van der Waals surface area (Å²) in [6.45, 7) is 9.07. The molecule has 1 N–H and O–H groups in total. The Morgan fingerprint density at radius 1 is 1.08 bits per heavy atom. The van der Waals surface area contributed by atoms with Crippen molar-refractivity contribution in [3.63, 3.8) is 0 Å². The van der Waals surface area contributed by atoms with Crippen LogP contribution in [0.5, 0.6) is 5.75 Å². The molecule has 2 aromatic carbocycles.